The number of rotatable bonds is 5. The Bertz CT molecular complexity index is 629. The van der Waals surface area contributed by atoms with Crippen molar-refractivity contribution in [3.63, 3.8) is 0 Å². The van der Waals surface area contributed by atoms with Crippen molar-refractivity contribution in [1.82, 2.24) is 4.98 Å². The zero-order chi connectivity index (χ0) is 14.5. The molecule has 0 atom stereocenters. The van der Waals surface area contributed by atoms with Crippen molar-refractivity contribution in [3.05, 3.63) is 73.3 Å². The first-order chi connectivity index (χ1) is 10.4. The number of benzene rings is 2. The second-order valence-corrected chi connectivity index (χ2v) is 7.87. The fourth-order valence-electron chi connectivity index (χ4n) is 2.53. The van der Waals surface area contributed by atoms with Crippen LogP contribution in [0.25, 0.3) is 0 Å². The van der Waals surface area contributed by atoms with Gasteiger partial charge in [0.15, 0.2) is 6.39 Å². The Hall–Kier alpha value is -2.04. The lowest BCUT2D eigenvalue weighted by Crippen LogP contribution is -2.11. The van der Waals surface area contributed by atoms with Gasteiger partial charge in [-0.15, -0.1) is 10.0 Å². The van der Waals surface area contributed by atoms with Crippen LogP contribution in [0.5, 0.6) is 0 Å². The molecule has 108 valence electrons. The van der Waals surface area contributed by atoms with Gasteiger partial charge >= 0.3 is 0 Å². The Morgan fingerprint density at radius 3 is 1.90 bits per heavy atom. The van der Waals surface area contributed by atoms with E-state index in [0.29, 0.717) is 5.75 Å². The third-order valence-electron chi connectivity index (χ3n) is 3.46. The third-order valence-corrected chi connectivity index (χ3v) is 7.32. The van der Waals surface area contributed by atoms with E-state index in [-0.39, 0.29) is 6.61 Å². The molecule has 3 rings (SSSR count). The second kappa shape index (κ2) is 6.16. The van der Waals surface area contributed by atoms with E-state index in [0.717, 1.165) is 5.03 Å². The van der Waals surface area contributed by atoms with Crippen LogP contribution in [0.4, 0.5) is 0 Å². The number of hydrogen-bond acceptors (Lipinski definition) is 3. The van der Waals surface area contributed by atoms with Crippen LogP contribution in [-0.2, 0) is 0 Å². The number of nitrogens with zero attached hydrogens (tertiary/aromatic N) is 1. The molecule has 0 unspecified atom stereocenters. The van der Waals surface area contributed by atoms with Gasteiger partial charge in [0, 0.05) is 5.75 Å². The summed E-state index contributed by atoms with van der Waals surface area (Å²) in [5.74, 6) is 0.633. The molecule has 3 nitrogen and oxygen atoms in total. The van der Waals surface area contributed by atoms with Crippen LogP contribution in [0, 0.1) is 0 Å². The highest BCUT2D eigenvalue weighted by atomic mass is 32.3. The van der Waals surface area contributed by atoms with E-state index >= 15 is 0 Å². The molecule has 0 spiro atoms. The largest absolute Gasteiger partial charge is 0.451 e. The van der Waals surface area contributed by atoms with E-state index in [1.165, 1.54) is 16.2 Å². The first kappa shape index (κ1) is 13.9. The standard InChI is InChI=1S/C17H17NO2S/c19-11-12-21(17-13-20-14-18-17,15-7-3-1-4-8-15)16-9-5-2-6-10-16/h1-10,13-14,19H,11-12H2. The molecule has 0 aliphatic heterocycles. The maximum absolute atomic E-state index is 9.69. The molecule has 2 aromatic carbocycles. The fraction of sp³-hybridized carbons (Fsp3) is 0.118. The lowest BCUT2D eigenvalue weighted by molar-refractivity contribution is 0.321. The van der Waals surface area contributed by atoms with Crippen molar-refractivity contribution in [3.8, 4) is 0 Å². The number of aliphatic hydroxyl groups excluding tert-OH is 1. The molecular weight excluding hydrogens is 282 g/mol. The zero-order valence-corrected chi connectivity index (χ0v) is 12.4. The molecule has 0 radical (unpaired) electrons. The zero-order valence-electron chi connectivity index (χ0n) is 11.6. The Labute approximate surface area is 125 Å². The van der Waals surface area contributed by atoms with Crippen molar-refractivity contribution in [1.29, 1.82) is 0 Å². The molecule has 1 heterocycles. The molecule has 0 fully saturated rings. The molecule has 0 saturated carbocycles. The minimum atomic E-state index is -1.59. The predicted octanol–water partition coefficient (Wildman–Crippen LogP) is 3.95. The number of aromatic nitrogens is 1. The summed E-state index contributed by atoms with van der Waals surface area (Å²) < 4.78 is 5.24. The molecule has 3 aromatic rings. The normalized spacial score (nSPS) is 12.2. The van der Waals surface area contributed by atoms with Crippen molar-refractivity contribution in [2.75, 3.05) is 12.4 Å². The van der Waals surface area contributed by atoms with Crippen molar-refractivity contribution in [2.45, 2.75) is 14.8 Å². The first-order valence-electron chi connectivity index (χ1n) is 6.78. The third kappa shape index (κ3) is 2.48. The summed E-state index contributed by atoms with van der Waals surface area (Å²) in [6.07, 6.45) is 3.16. The van der Waals surface area contributed by atoms with Gasteiger partial charge in [-0.05, 0) is 34.1 Å². The van der Waals surface area contributed by atoms with Gasteiger partial charge in [0.05, 0.1) is 6.61 Å². The van der Waals surface area contributed by atoms with Crippen LogP contribution in [0.3, 0.4) is 0 Å². The number of hydrogen-bond donors (Lipinski definition) is 1. The second-order valence-electron chi connectivity index (χ2n) is 4.62. The van der Waals surface area contributed by atoms with Crippen molar-refractivity contribution < 1.29 is 9.52 Å². The maximum Gasteiger partial charge on any atom is 0.181 e. The Balaban J connectivity index is 2.27. The van der Waals surface area contributed by atoms with Gasteiger partial charge in [-0.2, -0.15) is 0 Å². The SMILES string of the molecule is OCCS(c1ccccc1)(c1ccccc1)c1cocn1. The molecule has 21 heavy (non-hydrogen) atoms. The summed E-state index contributed by atoms with van der Waals surface area (Å²) in [5.41, 5.74) is 0. The van der Waals surface area contributed by atoms with Gasteiger partial charge in [-0.3, -0.25) is 0 Å². The molecule has 0 aliphatic carbocycles. The lowest BCUT2D eigenvalue weighted by Gasteiger charge is -2.38. The highest BCUT2D eigenvalue weighted by molar-refractivity contribution is 8.33. The van der Waals surface area contributed by atoms with Gasteiger partial charge in [0.1, 0.15) is 11.3 Å². The van der Waals surface area contributed by atoms with Crippen molar-refractivity contribution in [2.24, 2.45) is 0 Å². The summed E-state index contributed by atoms with van der Waals surface area (Å²) in [6, 6.07) is 20.5. The molecule has 0 bridgehead atoms. The van der Waals surface area contributed by atoms with Gasteiger partial charge in [0.25, 0.3) is 0 Å². The fourth-order valence-corrected chi connectivity index (χ4v) is 5.93. The quantitative estimate of drug-likeness (QED) is 0.776. The van der Waals surface area contributed by atoms with E-state index < -0.39 is 10.0 Å². The van der Waals surface area contributed by atoms with E-state index in [4.69, 9.17) is 4.42 Å². The number of oxazole rings is 1. The molecule has 1 N–H and O–H groups in total. The van der Waals surface area contributed by atoms with Gasteiger partial charge in [0.2, 0.25) is 0 Å². The highest BCUT2D eigenvalue weighted by Gasteiger charge is 2.32. The maximum atomic E-state index is 9.69. The monoisotopic (exact) mass is 299 g/mol. The molecule has 1 aromatic heterocycles. The van der Waals surface area contributed by atoms with Crippen LogP contribution >= 0.6 is 10.0 Å². The average Bonchev–Trinajstić information content (AvgIpc) is 3.09. The van der Waals surface area contributed by atoms with E-state index in [9.17, 15) is 5.11 Å². The van der Waals surface area contributed by atoms with Gasteiger partial charge in [-0.25, -0.2) is 4.98 Å². The van der Waals surface area contributed by atoms with Crippen LogP contribution in [0.15, 0.2) is 92.6 Å². The lowest BCUT2D eigenvalue weighted by atomic mass is 10.4. The van der Waals surface area contributed by atoms with Crippen LogP contribution in [-0.4, -0.2) is 22.5 Å². The van der Waals surface area contributed by atoms with Crippen molar-refractivity contribution >= 4 is 10.0 Å². The van der Waals surface area contributed by atoms with Gasteiger partial charge in [-0.1, -0.05) is 36.4 Å². The van der Waals surface area contributed by atoms with Gasteiger partial charge < -0.3 is 9.52 Å². The molecular formula is C17H17NO2S. The Kier molecular flexibility index (Phi) is 4.08. The Morgan fingerprint density at radius 1 is 0.905 bits per heavy atom. The minimum Gasteiger partial charge on any atom is -0.451 e. The number of aliphatic hydroxyl groups is 1. The molecule has 0 saturated heterocycles. The Morgan fingerprint density at radius 2 is 1.48 bits per heavy atom. The summed E-state index contributed by atoms with van der Waals surface area (Å²) in [6.45, 7) is 0.103. The average molecular weight is 299 g/mol. The molecule has 0 amide bonds. The summed E-state index contributed by atoms with van der Waals surface area (Å²) in [4.78, 5) is 6.78. The van der Waals surface area contributed by atoms with Crippen LogP contribution in [0.2, 0.25) is 0 Å². The van der Waals surface area contributed by atoms with Crippen LogP contribution < -0.4 is 0 Å². The molecule has 0 aliphatic rings. The first-order valence-corrected chi connectivity index (χ1v) is 8.58. The predicted molar refractivity (Wildman–Crippen MR) is 83.7 cm³/mol. The smallest absolute Gasteiger partial charge is 0.181 e. The summed E-state index contributed by atoms with van der Waals surface area (Å²) >= 11 is 0. The van der Waals surface area contributed by atoms with E-state index in [2.05, 4.69) is 29.2 Å². The molecule has 4 heteroatoms. The van der Waals surface area contributed by atoms with Crippen LogP contribution in [0.1, 0.15) is 0 Å². The highest BCUT2D eigenvalue weighted by Crippen LogP contribution is 2.67. The minimum absolute atomic E-state index is 0.103. The topological polar surface area (TPSA) is 46.3 Å². The van der Waals surface area contributed by atoms with E-state index in [1.807, 2.05) is 36.4 Å². The summed E-state index contributed by atoms with van der Waals surface area (Å²) in [5, 5.41) is 10.6. The summed E-state index contributed by atoms with van der Waals surface area (Å²) in [7, 11) is -1.59. The van der Waals surface area contributed by atoms with E-state index in [1.54, 1.807) is 6.26 Å².